The Morgan fingerprint density at radius 3 is 2.33 bits per heavy atom. The quantitative estimate of drug-likeness (QED) is 0.295. The van der Waals surface area contributed by atoms with Gasteiger partial charge >= 0.3 is 6.03 Å². The zero-order valence-corrected chi connectivity index (χ0v) is 25.9. The number of nitrogens with zero attached hydrogens (tertiary/aromatic N) is 2. The number of hydrogen-bond donors (Lipinski definition) is 4. The van der Waals surface area contributed by atoms with Crippen LogP contribution in [0.4, 0.5) is 16.2 Å². The Balaban J connectivity index is 1.18. The second kappa shape index (κ2) is 13.6. The van der Waals surface area contributed by atoms with Crippen LogP contribution in [-0.2, 0) is 20.9 Å². The van der Waals surface area contributed by atoms with Gasteiger partial charge in [0.1, 0.15) is 5.54 Å². The van der Waals surface area contributed by atoms with E-state index in [-0.39, 0.29) is 36.7 Å². The third-order valence-corrected chi connectivity index (χ3v) is 9.43. The van der Waals surface area contributed by atoms with Crippen LogP contribution in [0.1, 0.15) is 55.8 Å². The molecule has 3 fully saturated rings. The summed E-state index contributed by atoms with van der Waals surface area (Å²) in [6, 6.07) is 25.4. The molecule has 3 saturated heterocycles. The summed E-state index contributed by atoms with van der Waals surface area (Å²) >= 11 is 0. The first-order valence-corrected chi connectivity index (χ1v) is 15.9. The molecule has 10 nitrogen and oxygen atoms in total. The minimum Gasteiger partial charge on any atom is -0.392 e. The molecule has 3 aliphatic rings. The maximum atomic E-state index is 13.2. The Morgan fingerprint density at radius 2 is 1.67 bits per heavy atom. The highest BCUT2D eigenvalue weighted by Gasteiger charge is 2.51. The van der Waals surface area contributed by atoms with Gasteiger partial charge < -0.3 is 40.3 Å². The standard InChI is InChI=1S/C35H43N5O5/c1-3-36-34(43)38-28-15-13-27(14-16-28)32-44-30(24(2)31(45-32)26-11-9-25(22-41)10-12-26)21-39-19-17-35(18-20-39)33(42)37-23-40(35)29-7-5-4-6-8-29/h4-16,24,30-32,41H,3,17-23H2,1-2H3,(H,37,42)(H2,36,38,43)/t24-,30+,31+,32+/m1/s1. The molecule has 3 aliphatic heterocycles. The predicted octanol–water partition coefficient (Wildman–Crippen LogP) is 4.54. The van der Waals surface area contributed by atoms with Gasteiger partial charge in [0, 0.05) is 49.0 Å². The number of ether oxygens (including phenoxy) is 2. The first-order chi connectivity index (χ1) is 21.9. The minimum absolute atomic E-state index is 0.0114. The SMILES string of the molecule is CCNC(=O)Nc1ccc([C@H]2O[C@@H](CN3CCC4(CC3)C(=O)NCN4c3ccccc3)[C@@H](C)[C@@H](c3ccc(CO)cc3)O2)cc1. The van der Waals surface area contributed by atoms with Crippen LogP contribution in [0.2, 0.25) is 0 Å². The monoisotopic (exact) mass is 613 g/mol. The summed E-state index contributed by atoms with van der Waals surface area (Å²) < 4.78 is 13.3. The van der Waals surface area contributed by atoms with Crippen molar-refractivity contribution in [1.29, 1.82) is 0 Å². The highest BCUT2D eigenvalue weighted by Crippen LogP contribution is 2.43. The number of aliphatic hydroxyl groups excluding tert-OH is 1. The number of rotatable bonds is 8. The molecule has 0 saturated carbocycles. The fourth-order valence-electron chi connectivity index (χ4n) is 6.78. The fraction of sp³-hybridized carbons (Fsp3) is 0.429. The number of nitrogens with one attached hydrogen (secondary N) is 3. The minimum atomic E-state index is -0.599. The molecular weight excluding hydrogens is 570 g/mol. The number of benzene rings is 3. The van der Waals surface area contributed by atoms with Crippen LogP contribution in [0, 0.1) is 5.92 Å². The van der Waals surface area contributed by atoms with Crippen molar-refractivity contribution < 1.29 is 24.2 Å². The maximum absolute atomic E-state index is 13.2. The molecule has 6 rings (SSSR count). The van der Waals surface area contributed by atoms with Gasteiger partial charge in [0.05, 0.1) is 25.5 Å². The van der Waals surface area contributed by atoms with Crippen molar-refractivity contribution in [3.63, 3.8) is 0 Å². The number of likely N-dealkylation sites (tertiary alicyclic amines) is 1. The number of piperidine rings is 1. The first kappa shape index (κ1) is 31.0. The fourth-order valence-corrected chi connectivity index (χ4v) is 6.78. The number of para-hydroxylation sites is 1. The Hall–Kier alpha value is -3.96. The van der Waals surface area contributed by atoms with Crippen LogP contribution in [0.25, 0.3) is 0 Å². The molecule has 0 aliphatic carbocycles. The van der Waals surface area contributed by atoms with E-state index in [2.05, 4.69) is 44.8 Å². The summed E-state index contributed by atoms with van der Waals surface area (Å²) in [7, 11) is 0. The summed E-state index contributed by atoms with van der Waals surface area (Å²) in [6.45, 7) is 7.38. The summed E-state index contributed by atoms with van der Waals surface area (Å²) in [5.41, 5.74) is 3.96. The van der Waals surface area contributed by atoms with Crippen molar-refractivity contribution in [3.8, 4) is 0 Å². The molecule has 0 unspecified atom stereocenters. The number of hydrogen-bond acceptors (Lipinski definition) is 7. The average Bonchev–Trinajstić information content (AvgIpc) is 3.38. The molecule has 3 aromatic rings. The lowest BCUT2D eigenvalue weighted by molar-refractivity contribution is -0.276. The Morgan fingerprint density at radius 1 is 0.978 bits per heavy atom. The Labute approximate surface area is 264 Å². The van der Waals surface area contributed by atoms with Crippen LogP contribution >= 0.6 is 0 Å². The number of urea groups is 1. The molecule has 4 N–H and O–H groups in total. The molecule has 0 bridgehead atoms. The number of anilines is 2. The normalized spacial score (nSPS) is 24.8. The topological polar surface area (TPSA) is 115 Å². The van der Waals surface area contributed by atoms with Crippen molar-refractivity contribution in [3.05, 3.63) is 95.6 Å². The maximum Gasteiger partial charge on any atom is 0.319 e. The highest BCUT2D eigenvalue weighted by atomic mass is 16.7. The summed E-state index contributed by atoms with van der Waals surface area (Å²) in [5, 5.41) is 18.2. The highest BCUT2D eigenvalue weighted by molar-refractivity contribution is 5.93. The molecule has 3 aromatic carbocycles. The molecule has 0 radical (unpaired) electrons. The van der Waals surface area contributed by atoms with Gasteiger partial charge in [-0.1, -0.05) is 61.5 Å². The molecule has 238 valence electrons. The van der Waals surface area contributed by atoms with Crippen LogP contribution in [0.15, 0.2) is 78.9 Å². The Bertz CT molecular complexity index is 1440. The van der Waals surface area contributed by atoms with Gasteiger partial charge in [-0.25, -0.2) is 4.79 Å². The lowest BCUT2D eigenvalue weighted by atomic mass is 9.84. The second-order valence-corrected chi connectivity index (χ2v) is 12.2. The molecule has 0 aromatic heterocycles. The van der Waals surface area contributed by atoms with Crippen LogP contribution in [-0.4, -0.2) is 66.4 Å². The van der Waals surface area contributed by atoms with E-state index in [1.807, 2.05) is 73.7 Å². The molecule has 1 spiro atoms. The van der Waals surface area contributed by atoms with Gasteiger partial charge in [0.25, 0.3) is 0 Å². The third kappa shape index (κ3) is 6.55. The third-order valence-electron chi connectivity index (χ3n) is 9.43. The van der Waals surface area contributed by atoms with E-state index in [4.69, 9.17) is 9.47 Å². The van der Waals surface area contributed by atoms with Crippen LogP contribution in [0.5, 0.6) is 0 Å². The van der Waals surface area contributed by atoms with E-state index < -0.39 is 11.8 Å². The zero-order valence-electron chi connectivity index (χ0n) is 25.9. The van der Waals surface area contributed by atoms with Gasteiger partial charge in [0.2, 0.25) is 5.91 Å². The van der Waals surface area contributed by atoms with E-state index in [1.165, 1.54) is 0 Å². The van der Waals surface area contributed by atoms with E-state index >= 15 is 0 Å². The number of carbonyl (C=O) groups is 2. The smallest absolute Gasteiger partial charge is 0.319 e. The second-order valence-electron chi connectivity index (χ2n) is 12.2. The molecule has 45 heavy (non-hydrogen) atoms. The molecule has 10 heteroatoms. The van der Waals surface area contributed by atoms with Gasteiger partial charge in [-0.15, -0.1) is 0 Å². The van der Waals surface area contributed by atoms with Crippen molar-refractivity contribution >= 4 is 23.3 Å². The van der Waals surface area contributed by atoms with Gasteiger partial charge in [-0.2, -0.15) is 0 Å². The number of amides is 3. The van der Waals surface area contributed by atoms with Gasteiger partial charge in [-0.3, -0.25) is 4.79 Å². The van der Waals surface area contributed by atoms with Crippen molar-refractivity contribution in [1.82, 2.24) is 15.5 Å². The van der Waals surface area contributed by atoms with Gasteiger partial charge in [-0.05, 0) is 55.2 Å². The number of aliphatic hydroxyl groups is 1. The zero-order chi connectivity index (χ0) is 31.4. The van der Waals surface area contributed by atoms with Crippen LogP contribution in [0.3, 0.4) is 0 Å². The van der Waals surface area contributed by atoms with Crippen molar-refractivity contribution in [2.75, 3.05) is 43.1 Å². The molecular formula is C35H43N5O5. The average molecular weight is 614 g/mol. The lowest BCUT2D eigenvalue weighted by Crippen LogP contribution is -2.57. The van der Waals surface area contributed by atoms with Gasteiger partial charge in [0.15, 0.2) is 6.29 Å². The first-order valence-electron chi connectivity index (χ1n) is 15.9. The summed E-state index contributed by atoms with van der Waals surface area (Å²) in [4.78, 5) is 29.8. The molecule has 3 heterocycles. The molecule has 3 amide bonds. The lowest BCUT2D eigenvalue weighted by Gasteiger charge is -2.46. The van der Waals surface area contributed by atoms with E-state index in [1.54, 1.807) is 0 Å². The largest absolute Gasteiger partial charge is 0.392 e. The Kier molecular flexibility index (Phi) is 9.37. The molecule has 4 atom stereocenters. The number of carbonyl (C=O) groups excluding carboxylic acids is 2. The van der Waals surface area contributed by atoms with E-state index in [9.17, 15) is 14.7 Å². The summed E-state index contributed by atoms with van der Waals surface area (Å²) in [5.74, 6) is 0.157. The van der Waals surface area contributed by atoms with E-state index in [0.29, 0.717) is 25.4 Å². The predicted molar refractivity (Wildman–Crippen MR) is 172 cm³/mol. The summed E-state index contributed by atoms with van der Waals surface area (Å²) in [6.07, 6.45) is 0.524. The van der Waals surface area contributed by atoms with Crippen molar-refractivity contribution in [2.24, 2.45) is 5.92 Å². The van der Waals surface area contributed by atoms with Crippen LogP contribution < -0.4 is 20.9 Å². The van der Waals surface area contributed by atoms with E-state index in [0.717, 1.165) is 48.3 Å². The van der Waals surface area contributed by atoms with Crippen molar-refractivity contribution in [2.45, 2.75) is 57.3 Å².